The van der Waals surface area contributed by atoms with Crippen LogP contribution in [0.25, 0.3) is 0 Å². The minimum Gasteiger partial charge on any atom is -0.496 e. The molecule has 0 radical (unpaired) electrons. The molecule has 0 atom stereocenters. The smallest absolute Gasteiger partial charge is 0.243 e. The molecule has 0 spiro atoms. The molecule has 1 heterocycles. The summed E-state index contributed by atoms with van der Waals surface area (Å²) in [6, 6.07) is 10.7. The van der Waals surface area contributed by atoms with E-state index < -0.39 is 10.0 Å². The van der Waals surface area contributed by atoms with Crippen LogP contribution in [0.2, 0.25) is 0 Å². The summed E-state index contributed by atoms with van der Waals surface area (Å²) in [7, 11) is -1.96. The molecule has 2 aromatic rings. The number of amides is 1. The largest absolute Gasteiger partial charge is 0.496 e. The molecule has 6 nitrogen and oxygen atoms in total. The second kappa shape index (κ2) is 8.97. The van der Waals surface area contributed by atoms with Crippen LogP contribution in [0.4, 0.5) is 5.69 Å². The Balaban J connectivity index is 1.72. The Labute approximate surface area is 172 Å². The first-order valence-electron chi connectivity index (χ1n) is 9.85. The minimum atomic E-state index is -3.50. The number of carbonyl (C=O) groups excluding carboxylic acids is 1. The second-order valence-electron chi connectivity index (χ2n) is 7.43. The Bertz CT molecular complexity index is 996. The lowest BCUT2D eigenvalue weighted by molar-refractivity contribution is -0.116. The average molecular weight is 417 g/mol. The number of nitrogens with one attached hydrogen (secondary N) is 1. The highest BCUT2D eigenvalue weighted by Crippen LogP contribution is 2.27. The zero-order valence-corrected chi connectivity index (χ0v) is 18.0. The van der Waals surface area contributed by atoms with E-state index in [1.807, 2.05) is 32.0 Å². The van der Waals surface area contributed by atoms with E-state index in [0.717, 1.165) is 24.1 Å². The molecule has 0 saturated carbocycles. The molecule has 2 aromatic carbocycles. The van der Waals surface area contributed by atoms with Gasteiger partial charge in [0.2, 0.25) is 15.9 Å². The van der Waals surface area contributed by atoms with Crippen molar-refractivity contribution in [2.24, 2.45) is 0 Å². The van der Waals surface area contributed by atoms with Gasteiger partial charge >= 0.3 is 0 Å². The van der Waals surface area contributed by atoms with Gasteiger partial charge in [-0.05, 0) is 80.1 Å². The zero-order chi connectivity index (χ0) is 21.0. The van der Waals surface area contributed by atoms with Gasteiger partial charge in [-0.3, -0.25) is 4.79 Å². The molecule has 3 rings (SSSR count). The summed E-state index contributed by atoms with van der Waals surface area (Å²) in [4.78, 5) is 12.6. The summed E-state index contributed by atoms with van der Waals surface area (Å²) in [5, 5.41) is 2.90. The Morgan fingerprint density at radius 1 is 1.07 bits per heavy atom. The van der Waals surface area contributed by atoms with Gasteiger partial charge in [0.15, 0.2) is 0 Å². The van der Waals surface area contributed by atoms with Crippen LogP contribution in [0.1, 0.15) is 36.0 Å². The van der Waals surface area contributed by atoms with Gasteiger partial charge in [-0.15, -0.1) is 0 Å². The van der Waals surface area contributed by atoms with E-state index in [4.69, 9.17) is 4.74 Å². The number of hydrogen-bond donors (Lipinski definition) is 1. The maximum atomic E-state index is 12.8. The van der Waals surface area contributed by atoms with Crippen LogP contribution in [0.15, 0.2) is 41.3 Å². The SMILES string of the molecule is COc1ccc(S(=O)(=O)N2CCCC2)cc1CCC(=O)Nc1ccc(C)c(C)c1. The minimum absolute atomic E-state index is 0.122. The van der Waals surface area contributed by atoms with Crippen molar-refractivity contribution in [2.45, 2.75) is 44.4 Å². The summed E-state index contributed by atoms with van der Waals surface area (Å²) < 4.78 is 32.6. The number of aryl methyl sites for hydroxylation is 3. The van der Waals surface area contributed by atoms with Crippen LogP contribution in [-0.4, -0.2) is 38.8 Å². The summed E-state index contributed by atoms with van der Waals surface area (Å²) >= 11 is 0. The molecule has 0 unspecified atom stereocenters. The second-order valence-corrected chi connectivity index (χ2v) is 9.37. The lowest BCUT2D eigenvalue weighted by Gasteiger charge is -2.17. The van der Waals surface area contributed by atoms with E-state index in [2.05, 4.69) is 5.32 Å². The standard InChI is InChI=1S/C22H28N2O4S/c1-16-6-8-19(14-17(16)2)23-22(25)11-7-18-15-20(9-10-21(18)28-3)29(26,27)24-12-4-5-13-24/h6,8-10,14-15H,4-5,7,11-13H2,1-3H3,(H,23,25). The number of hydrogen-bond acceptors (Lipinski definition) is 4. The Kier molecular flexibility index (Phi) is 6.59. The third kappa shape index (κ3) is 4.97. The van der Waals surface area contributed by atoms with E-state index in [-0.39, 0.29) is 17.2 Å². The Hall–Kier alpha value is -2.38. The number of rotatable bonds is 7. The molecule has 1 N–H and O–H groups in total. The predicted octanol–water partition coefficient (Wildman–Crippen LogP) is 3.67. The highest BCUT2D eigenvalue weighted by molar-refractivity contribution is 7.89. The molecule has 0 bridgehead atoms. The summed E-state index contributed by atoms with van der Waals surface area (Å²) in [6.07, 6.45) is 2.40. The first-order chi connectivity index (χ1) is 13.8. The van der Waals surface area contributed by atoms with Gasteiger partial charge in [-0.1, -0.05) is 6.07 Å². The van der Waals surface area contributed by atoms with E-state index in [1.165, 1.54) is 9.87 Å². The van der Waals surface area contributed by atoms with Crippen molar-refractivity contribution < 1.29 is 17.9 Å². The topological polar surface area (TPSA) is 75.7 Å². The van der Waals surface area contributed by atoms with Crippen LogP contribution in [0.3, 0.4) is 0 Å². The third-order valence-corrected chi connectivity index (χ3v) is 7.26. The third-order valence-electron chi connectivity index (χ3n) is 5.37. The molecule has 156 valence electrons. The van der Waals surface area contributed by atoms with E-state index in [0.29, 0.717) is 30.8 Å². The fourth-order valence-electron chi connectivity index (χ4n) is 3.48. The molecule has 0 aromatic heterocycles. The summed E-state index contributed by atoms with van der Waals surface area (Å²) in [6.45, 7) is 5.14. The van der Waals surface area contributed by atoms with Gasteiger partial charge in [0, 0.05) is 25.2 Å². The van der Waals surface area contributed by atoms with Crippen molar-refractivity contribution >= 4 is 21.6 Å². The number of carbonyl (C=O) groups is 1. The van der Waals surface area contributed by atoms with Crippen molar-refractivity contribution in [1.29, 1.82) is 0 Å². The van der Waals surface area contributed by atoms with Crippen molar-refractivity contribution in [3.8, 4) is 5.75 Å². The fourth-order valence-corrected chi connectivity index (χ4v) is 5.05. The highest BCUT2D eigenvalue weighted by atomic mass is 32.2. The van der Waals surface area contributed by atoms with E-state index in [9.17, 15) is 13.2 Å². The zero-order valence-electron chi connectivity index (χ0n) is 17.2. The van der Waals surface area contributed by atoms with E-state index >= 15 is 0 Å². The van der Waals surface area contributed by atoms with Gasteiger partial charge < -0.3 is 10.1 Å². The molecule has 1 aliphatic rings. The van der Waals surface area contributed by atoms with Gasteiger partial charge in [0.1, 0.15) is 5.75 Å². The number of nitrogens with zero attached hydrogens (tertiary/aromatic N) is 1. The molecule has 1 fully saturated rings. The van der Waals surface area contributed by atoms with Crippen LogP contribution >= 0.6 is 0 Å². The molecular weight excluding hydrogens is 388 g/mol. The Morgan fingerprint density at radius 3 is 2.45 bits per heavy atom. The predicted molar refractivity (Wildman–Crippen MR) is 114 cm³/mol. The Morgan fingerprint density at radius 2 is 1.79 bits per heavy atom. The molecule has 7 heteroatoms. The fraction of sp³-hybridized carbons (Fsp3) is 0.409. The van der Waals surface area contributed by atoms with Crippen LogP contribution in [0, 0.1) is 13.8 Å². The van der Waals surface area contributed by atoms with Gasteiger partial charge in [0.05, 0.1) is 12.0 Å². The van der Waals surface area contributed by atoms with Crippen molar-refractivity contribution in [1.82, 2.24) is 4.31 Å². The maximum Gasteiger partial charge on any atom is 0.243 e. The molecule has 1 aliphatic heterocycles. The number of sulfonamides is 1. The maximum absolute atomic E-state index is 12.8. The van der Waals surface area contributed by atoms with Crippen LogP contribution in [-0.2, 0) is 21.2 Å². The first kappa shape index (κ1) is 21.3. The van der Waals surface area contributed by atoms with Crippen LogP contribution in [0.5, 0.6) is 5.75 Å². The van der Waals surface area contributed by atoms with E-state index in [1.54, 1.807) is 25.3 Å². The van der Waals surface area contributed by atoms with Gasteiger partial charge in [-0.25, -0.2) is 8.42 Å². The molecule has 1 saturated heterocycles. The summed E-state index contributed by atoms with van der Waals surface area (Å²) in [5.41, 5.74) is 3.76. The van der Waals surface area contributed by atoms with Crippen LogP contribution < -0.4 is 10.1 Å². The first-order valence-corrected chi connectivity index (χ1v) is 11.3. The van der Waals surface area contributed by atoms with Gasteiger partial charge in [-0.2, -0.15) is 4.31 Å². The normalized spacial score (nSPS) is 14.7. The number of anilines is 1. The number of methoxy groups -OCH3 is 1. The molecule has 29 heavy (non-hydrogen) atoms. The quantitative estimate of drug-likeness (QED) is 0.747. The summed E-state index contributed by atoms with van der Waals surface area (Å²) in [5.74, 6) is 0.465. The van der Waals surface area contributed by atoms with Crippen molar-refractivity contribution in [3.05, 3.63) is 53.1 Å². The average Bonchev–Trinajstić information content (AvgIpc) is 3.24. The lowest BCUT2D eigenvalue weighted by Crippen LogP contribution is -2.28. The van der Waals surface area contributed by atoms with Gasteiger partial charge in [0.25, 0.3) is 0 Å². The molecule has 0 aliphatic carbocycles. The van der Waals surface area contributed by atoms with Crippen molar-refractivity contribution in [2.75, 3.05) is 25.5 Å². The monoisotopic (exact) mass is 416 g/mol. The number of ether oxygens (including phenoxy) is 1. The lowest BCUT2D eigenvalue weighted by atomic mass is 10.1. The van der Waals surface area contributed by atoms with Crippen molar-refractivity contribution in [3.63, 3.8) is 0 Å². The highest BCUT2D eigenvalue weighted by Gasteiger charge is 2.27. The molecule has 1 amide bonds. The molecular formula is C22H28N2O4S. The number of benzene rings is 2.